The minimum absolute atomic E-state index is 0.230. The Hall–Kier alpha value is -1.92. The van der Waals surface area contributed by atoms with Crippen molar-refractivity contribution in [3.05, 3.63) is 5.82 Å². The summed E-state index contributed by atoms with van der Waals surface area (Å²) in [4.78, 5) is 4.31. The van der Waals surface area contributed by atoms with Gasteiger partial charge in [0, 0.05) is 13.5 Å². The molecule has 0 radical (unpaired) electrons. The van der Waals surface area contributed by atoms with E-state index >= 15 is 0 Å². The number of hydrogen-bond donors (Lipinski definition) is 1. The second-order valence-electron chi connectivity index (χ2n) is 3.22. The van der Waals surface area contributed by atoms with Gasteiger partial charge in [-0.1, -0.05) is 6.92 Å². The summed E-state index contributed by atoms with van der Waals surface area (Å²) in [6, 6.07) is 0. The second kappa shape index (κ2) is 3.68. The highest BCUT2D eigenvalue weighted by atomic mass is 16.6. The van der Waals surface area contributed by atoms with Crippen molar-refractivity contribution in [3.63, 3.8) is 0 Å². The Morgan fingerprint density at radius 1 is 1.40 bits per heavy atom. The van der Waals surface area contributed by atoms with Crippen LogP contribution in [0.15, 0.2) is 4.63 Å². The van der Waals surface area contributed by atoms with Gasteiger partial charge in [0.15, 0.2) is 23.2 Å². The molecule has 80 valence electrons. The second-order valence-corrected chi connectivity index (χ2v) is 3.22. The predicted octanol–water partition coefficient (Wildman–Crippen LogP) is 0.400. The quantitative estimate of drug-likeness (QED) is 0.784. The Morgan fingerprint density at radius 3 is 2.80 bits per heavy atom. The summed E-state index contributed by atoms with van der Waals surface area (Å²) in [6.45, 7) is 2.07. The first-order valence-electron chi connectivity index (χ1n) is 4.70. The number of hydrogen-bond acceptors (Lipinski definition) is 6. The smallest absolute Gasteiger partial charge is 0.199 e. The number of aryl methyl sites for hydroxylation is 2. The molecule has 15 heavy (non-hydrogen) atoms. The largest absolute Gasteiger partial charge is 0.379 e. The zero-order valence-electron chi connectivity index (χ0n) is 8.64. The molecule has 0 fully saturated rings. The molecular formula is C8H12N6O. The van der Waals surface area contributed by atoms with E-state index in [0.29, 0.717) is 11.5 Å². The van der Waals surface area contributed by atoms with Crippen molar-refractivity contribution in [1.82, 2.24) is 25.1 Å². The number of nitrogens with zero attached hydrogens (tertiary/aromatic N) is 5. The number of nitrogen functional groups attached to an aromatic ring is 1. The molecule has 0 atom stereocenters. The number of anilines is 1. The summed E-state index contributed by atoms with van der Waals surface area (Å²) in [5, 5.41) is 11.4. The van der Waals surface area contributed by atoms with E-state index in [2.05, 4.69) is 31.9 Å². The Kier molecular flexibility index (Phi) is 2.36. The van der Waals surface area contributed by atoms with Gasteiger partial charge in [-0.05, 0) is 16.7 Å². The Labute approximate surface area is 86.3 Å². The summed E-state index contributed by atoms with van der Waals surface area (Å²) in [7, 11) is 1.79. The van der Waals surface area contributed by atoms with Crippen LogP contribution in [0.25, 0.3) is 11.5 Å². The average molecular weight is 208 g/mol. The molecule has 0 aliphatic rings. The van der Waals surface area contributed by atoms with Crippen molar-refractivity contribution >= 4 is 5.82 Å². The Bertz CT molecular complexity index is 459. The van der Waals surface area contributed by atoms with Gasteiger partial charge >= 0.3 is 0 Å². The maximum absolute atomic E-state index is 5.58. The average Bonchev–Trinajstić information content (AvgIpc) is 2.73. The van der Waals surface area contributed by atoms with Crippen LogP contribution in [0.3, 0.4) is 0 Å². The summed E-state index contributed by atoms with van der Waals surface area (Å²) in [6.07, 6.45) is 1.83. The van der Waals surface area contributed by atoms with Crippen molar-refractivity contribution in [2.24, 2.45) is 7.05 Å². The third-order valence-electron chi connectivity index (χ3n) is 2.01. The van der Waals surface area contributed by atoms with Crippen LogP contribution in [0.2, 0.25) is 0 Å². The molecule has 0 spiro atoms. The van der Waals surface area contributed by atoms with E-state index in [1.54, 1.807) is 11.7 Å². The number of nitrogens with two attached hydrogens (primary N) is 1. The topological polar surface area (TPSA) is 95.6 Å². The van der Waals surface area contributed by atoms with Gasteiger partial charge in [-0.2, -0.15) is 5.10 Å². The zero-order valence-corrected chi connectivity index (χ0v) is 8.64. The molecule has 2 rings (SSSR count). The standard InChI is InChI=1S/C8H12N6O/c1-3-4-5-10-8(14(2)11-5)6-7(9)13-15-12-6/h3-4H2,1-2H3,(H2,9,13). The molecule has 0 unspecified atom stereocenters. The van der Waals surface area contributed by atoms with Gasteiger partial charge in [-0.3, -0.25) is 0 Å². The molecule has 7 heteroatoms. The molecule has 2 aromatic heterocycles. The van der Waals surface area contributed by atoms with Crippen molar-refractivity contribution in [3.8, 4) is 11.5 Å². The summed E-state index contributed by atoms with van der Waals surface area (Å²) < 4.78 is 6.14. The molecule has 0 amide bonds. The first-order chi connectivity index (χ1) is 7.22. The minimum Gasteiger partial charge on any atom is -0.379 e. The lowest BCUT2D eigenvalue weighted by Gasteiger charge is -1.92. The molecule has 0 aliphatic heterocycles. The van der Waals surface area contributed by atoms with Crippen molar-refractivity contribution in [2.45, 2.75) is 19.8 Å². The highest BCUT2D eigenvalue weighted by molar-refractivity contribution is 5.62. The van der Waals surface area contributed by atoms with Crippen molar-refractivity contribution in [1.29, 1.82) is 0 Å². The predicted molar refractivity (Wildman–Crippen MR) is 52.7 cm³/mol. The lowest BCUT2D eigenvalue weighted by atomic mass is 10.3. The maximum Gasteiger partial charge on any atom is 0.199 e. The van der Waals surface area contributed by atoms with E-state index in [1.165, 1.54) is 0 Å². The van der Waals surface area contributed by atoms with Crippen molar-refractivity contribution in [2.75, 3.05) is 5.73 Å². The first kappa shape index (κ1) is 9.63. The monoisotopic (exact) mass is 208 g/mol. The highest BCUT2D eigenvalue weighted by Gasteiger charge is 2.16. The van der Waals surface area contributed by atoms with Crippen molar-refractivity contribution < 1.29 is 4.63 Å². The van der Waals surface area contributed by atoms with Crippen LogP contribution in [0, 0.1) is 0 Å². The van der Waals surface area contributed by atoms with Gasteiger partial charge in [0.2, 0.25) is 0 Å². The van der Waals surface area contributed by atoms with E-state index in [9.17, 15) is 0 Å². The Morgan fingerprint density at radius 2 is 2.20 bits per heavy atom. The summed E-state index contributed by atoms with van der Waals surface area (Å²) in [5.74, 6) is 1.59. The fourth-order valence-electron chi connectivity index (χ4n) is 1.32. The fourth-order valence-corrected chi connectivity index (χ4v) is 1.32. The zero-order chi connectivity index (χ0) is 10.8. The lowest BCUT2D eigenvalue weighted by molar-refractivity contribution is 0.310. The maximum atomic E-state index is 5.58. The summed E-state index contributed by atoms with van der Waals surface area (Å²) >= 11 is 0. The Balaban J connectivity index is 2.40. The van der Waals surface area contributed by atoms with E-state index in [-0.39, 0.29) is 5.82 Å². The normalized spacial score (nSPS) is 10.8. The van der Waals surface area contributed by atoms with Gasteiger partial charge in [-0.15, -0.1) is 0 Å². The molecule has 2 aromatic rings. The van der Waals surface area contributed by atoms with Crippen LogP contribution >= 0.6 is 0 Å². The van der Waals surface area contributed by atoms with E-state index in [0.717, 1.165) is 18.7 Å². The van der Waals surface area contributed by atoms with Gasteiger partial charge in [0.1, 0.15) is 0 Å². The molecule has 0 aliphatic carbocycles. The molecule has 2 heterocycles. The first-order valence-corrected chi connectivity index (χ1v) is 4.70. The van der Waals surface area contributed by atoms with Gasteiger partial charge in [0.05, 0.1) is 0 Å². The van der Waals surface area contributed by atoms with Gasteiger partial charge < -0.3 is 5.73 Å². The molecular weight excluding hydrogens is 196 g/mol. The van der Waals surface area contributed by atoms with Crippen LogP contribution in [0.5, 0.6) is 0 Å². The van der Waals surface area contributed by atoms with Crippen LogP contribution in [-0.4, -0.2) is 25.1 Å². The molecule has 7 nitrogen and oxygen atoms in total. The molecule has 0 saturated carbocycles. The number of rotatable bonds is 3. The van der Waals surface area contributed by atoms with Crippen LogP contribution in [0.1, 0.15) is 19.2 Å². The van der Waals surface area contributed by atoms with Crippen LogP contribution in [0.4, 0.5) is 5.82 Å². The van der Waals surface area contributed by atoms with E-state index in [1.807, 2.05) is 0 Å². The van der Waals surface area contributed by atoms with Gasteiger partial charge in [-0.25, -0.2) is 14.3 Å². The van der Waals surface area contributed by atoms with E-state index < -0.39 is 0 Å². The SMILES string of the molecule is CCCc1nc(-c2nonc2N)n(C)n1. The van der Waals surface area contributed by atoms with Crippen LogP contribution in [-0.2, 0) is 13.5 Å². The number of aromatic nitrogens is 5. The lowest BCUT2D eigenvalue weighted by Crippen LogP contribution is -1.97. The van der Waals surface area contributed by atoms with Gasteiger partial charge in [0.25, 0.3) is 0 Å². The highest BCUT2D eigenvalue weighted by Crippen LogP contribution is 2.19. The molecule has 0 aromatic carbocycles. The van der Waals surface area contributed by atoms with E-state index in [4.69, 9.17) is 5.73 Å². The fraction of sp³-hybridized carbons (Fsp3) is 0.500. The molecule has 0 bridgehead atoms. The molecule has 2 N–H and O–H groups in total. The third-order valence-corrected chi connectivity index (χ3v) is 2.01. The third kappa shape index (κ3) is 1.67. The van der Waals surface area contributed by atoms with Crippen LogP contribution < -0.4 is 5.73 Å². The minimum atomic E-state index is 0.230. The molecule has 0 saturated heterocycles. The summed E-state index contributed by atoms with van der Waals surface area (Å²) in [5.41, 5.74) is 6.01.